The largest absolute Gasteiger partial charge is 0.462 e. The molecule has 1 aromatic carbocycles. The van der Waals surface area contributed by atoms with Crippen molar-refractivity contribution in [1.82, 2.24) is 0 Å². The van der Waals surface area contributed by atoms with Crippen LogP contribution in [0.4, 0.5) is 10.7 Å². The molecule has 2 aromatic rings. The molecule has 1 N–H and O–H groups in total. The maximum atomic E-state index is 12.7. The molecule has 0 radical (unpaired) electrons. The van der Waals surface area contributed by atoms with Crippen LogP contribution >= 0.6 is 11.3 Å². The number of nitrogens with zero attached hydrogens (tertiary/aromatic N) is 1. The molecule has 0 saturated heterocycles. The van der Waals surface area contributed by atoms with Crippen molar-refractivity contribution in [3.05, 3.63) is 55.4 Å². The zero-order valence-electron chi connectivity index (χ0n) is 16.4. The van der Waals surface area contributed by atoms with Gasteiger partial charge < -0.3 is 14.8 Å². The Kier molecular flexibility index (Phi) is 7.05. The minimum absolute atomic E-state index is 0.0758. The van der Waals surface area contributed by atoms with Gasteiger partial charge in [-0.1, -0.05) is 0 Å². The number of hydrogen-bond donors (Lipinski definition) is 1. The summed E-state index contributed by atoms with van der Waals surface area (Å²) in [5, 5.41) is 13.7. The number of carbonyl (C=O) groups is 3. The van der Waals surface area contributed by atoms with Crippen molar-refractivity contribution in [1.29, 1.82) is 0 Å². The fraction of sp³-hybridized carbons (Fsp3) is 0.316. The van der Waals surface area contributed by atoms with Crippen LogP contribution in [0.15, 0.2) is 18.2 Å². The van der Waals surface area contributed by atoms with Crippen molar-refractivity contribution in [2.45, 2.75) is 27.7 Å². The summed E-state index contributed by atoms with van der Waals surface area (Å²) in [5.41, 5.74) is 0.814. The second kappa shape index (κ2) is 9.28. The maximum Gasteiger partial charge on any atom is 0.348 e. The first kappa shape index (κ1) is 22.0. The number of ether oxygens (including phenoxy) is 2. The first-order chi connectivity index (χ1) is 13.7. The van der Waals surface area contributed by atoms with E-state index in [0.29, 0.717) is 11.1 Å². The van der Waals surface area contributed by atoms with Crippen LogP contribution in [0, 0.1) is 24.0 Å². The van der Waals surface area contributed by atoms with E-state index in [0.717, 1.165) is 11.3 Å². The molecule has 0 spiro atoms. The molecule has 0 bridgehead atoms. The number of benzene rings is 1. The topological polar surface area (TPSA) is 125 Å². The van der Waals surface area contributed by atoms with E-state index in [1.807, 2.05) is 0 Å². The van der Waals surface area contributed by atoms with Gasteiger partial charge in [-0.3, -0.25) is 14.9 Å². The number of nitro benzene ring substituents is 1. The van der Waals surface area contributed by atoms with Crippen LogP contribution in [-0.4, -0.2) is 36.0 Å². The van der Waals surface area contributed by atoms with Crippen LogP contribution < -0.4 is 5.32 Å². The van der Waals surface area contributed by atoms with E-state index in [9.17, 15) is 24.5 Å². The highest BCUT2D eigenvalue weighted by Crippen LogP contribution is 2.35. The summed E-state index contributed by atoms with van der Waals surface area (Å²) in [4.78, 5) is 47.8. The third kappa shape index (κ3) is 4.77. The zero-order chi connectivity index (χ0) is 21.7. The summed E-state index contributed by atoms with van der Waals surface area (Å²) in [5.74, 6) is -1.86. The van der Waals surface area contributed by atoms with E-state index in [4.69, 9.17) is 9.47 Å². The number of nitro groups is 1. The molecular weight excluding hydrogens is 400 g/mol. The van der Waals surface area contributed by atoms with Gasteiger partial charge in [-0.25, -0.2) is 9.59 Å². The van der Waals surface area contributed by atoms with Gasteiger partial charge in [-0.05, 0) is 45.4 Å². The van der Waals surface area contributed by atoms with Gasteiger partial charge in [0.05, 0.1) is 23.7 Å². The van der Waals surface area contributed by atoms with Gasteiger partial charge in [0.2, 0.25) is 0 Å². The number of anilines is 1. The Hall–Kier alpha value is -3.27. The van der Waals surface area contributed by atoms with E-state index in [1.54, 1.807) is 20.8 Å². The fourth-order valence-electron chi connectivity index (χ4n) is 2.62. The molecule has 0 aliphatic rings. The molecule has 1 heterocycles. The van der Waals surface area contributed by atoms with Gasteiger partial charge in [0, 0.05) is 17.2 Å². The molecule has 0 fully saturated rings. The van der Waals surface area contributed by atoms with Crippen LogP contribution in [0.3, 0.4) is 0 Å². The second-order valence-electron chi connectivity index (χ2n) is 5.91. The Bertz CT molecular complexity index is 981. The van der Waals surface area contributed by atoms with E-state index in [-0.39, 0.29) is 39.9 Å². The summed E-state index contributed by atoms with van der Waals surface area (Å²) in [6.07, 6.45) is 0. The summed E-state index contributed by atoms with van der Waals surface area (Å²) in [7, 11) is 0. The van der Waals surface area contributed by atoms with Crippen molar-refractivity contribution >= 4 is 39.9 Å². The SMILES string of the molecule is CCOC(=O)c1sc(NC(=O)c2ccc([N+](=O)[O-])c(C)c2)c(C(=O)OCC)c1C. The predicted molar refractivity (Wildman–Crippen MR) is 107 cm³/mol. The van der Waals surface area contributed by atoms with Gasteiger partial charge in [0.25, 0.3) is 11.6 Å². The molecule has 0 atom stereocenters. The first-order valence-electron chi connectivity index (χ1n) is 8.75. The minimum atomic E-state index is -0.674. The molecule has 0 aliphatic heterocycles. The lowest BCUT2D eigenvalue weighted by Gasteiger charge is -2.08. The van der Waals surface area contributed by atoms with Crippen LogP contribution in [0.1, 0.15) is 55.4 Å². The number of amides is 1. The number of hydrogen-bond acceptors (Lipinski definition) is 8. The molecule has 9 nitrogen and oxygen atoms in total. The predicted octanol–water partition coefficient (Wildman–Crippen LogP) is 3.88. The van der Waals surface area contributed by atoms with Crippen LogP contribution in [0.25, 0.3) is 0 Å². The molecule has 29 heavy (non-hydrogen) atoms. The number of nitrogens with one attached hydrogen (secondary N) is 1. The summed E-state index contributed by atoms with van der Waals surface area (Å²) in [6.45, 7) is 6.68. The number of carbonyl (C=O) groups excluding carboxylic acids is 3. The van der Waals surface area contributed by atoms with Gasteiger partial charge in [-0.15, -0.1) is 11.3 Å². The number of thiophene rings is 1. The Morgan fingerprint density at radius 3 is 2.28 bits per heavy atom. The number of rotatable bonds is 7. The third-order valence-electron chi connectivity index (χ3n) is 3.97. The lowest BCUT2D eigenvalue weighted by molar-refractivity contribution is -0.385. The highest BCUT2D eigenvalue weighted by Gasteiger charge is 2.27. The molecular formula is C19H20N2O7S. The number of esters is 2. The highest BCUT2D eigenvalue weighted by atomic mass is 32.1. The molecule has 154 valence electrons. The van der Waals surface area contributed by atoms with E-state index < -0.39 is 22.8 Å². The Morgan fingerprint density at radius 2 is 1.72 bits per heavy atom. The highest BCUT2D eigenvalue weighted by molar-refractivity contribution is 7.18. The lowest BCUT2D eigenvalue weighted by atomic mass is 10.1. The van der Waals surface area contributed by atoms with E-state index in [1.165, 1.54) is 25.1 Å². The quantitative estimate of drug-likeness (QED) is 0.409. The Labute approximate surface area is 170 Å². The molecule has 0 saturated carbocycles. The lowest BCUT2D eigenvalue weighted by Crippen LogP contribution is -2.15. The summed E-state index contributed by atoms with van der Waals surface area (Å²) >= 11 is 0.908. The summed E-state index contributed by atoms with van der Waals surface area (Å²) < 4.78 is 10.0. The third-order valence-corrected chi connectivity index (χ3v) is 5.16. The van der Waals surface area contributed by atoms with Crippen LogP contribution in [0.2, 0.25) is 0 Å². The van der Waals surface area contributed by atoms with Crippen molar-refractivity contribution < 1.29 is 28.8 Å². The standard InChI is InChI=1S/C19H20N2O7S/c1-5-27-18(23)14-11(4)15(19(24)28-6-2)29-17(14)20-16(22)12-7-8-13(21(25)26)10(3)9-12/h7-9H,5-6H2,1-4H3,(H,20,22). The van der Waals surface area contributed by atoms with Crippen LogP contribution in [-0.2, 0) is 9.47 Å². The smallest absolute Gasteiger partial charge is 0.348 e. The molecule has 1 amide bonds. The van der Waals surface area contributed by atoms with Crippen molar-refractivity contribution in [3.8, 4) is 0 Å². The zero-order valence-corrected chi connectivity index (χ0v) is 17.2. The van der Waals surface area contributed by atoms with Crippen molar-refractivity contribution in [2.75, 3.05) is 18.5 Å². The first-order valence-corrected chi connectivity index (χ1v) is 9.56. The van der Waals surface area contributed by atoms with Gasteiger partial charge in [0.1, 0.15) is 9.88 Å². The van der Waals surface area contributed by atoms with Crippen LogP contribution in [0.5, 0.6) is 0 Å². The molecule has 0 unspecified atom stereocenters. The Balaban J connectivity index is 2.42. The van der Waals surface area contributed by atoms with Crippen molar-refractivity contribution in [3.63, 3.8) is 0 Å². The normalized spacial score (nSPS) is 10.3. The van der Waals surface area contributed by atoms with Gasteiger partial charge >= 0.3 is 11.9 Å². The monoisotopic (exact) mass is 420 g/mol. The van der Waals surface area contributed by atoms with Gasteiger partial charge in [0.15, 0.2) is 0 Å². The maximum absolute atomic E-state index is 12.7. The average Bonchev–Trinajstić information content (AvgIpc) is 2.97. The van der Waals surface area contributed by atoms with Crippen molar-refractivity contribution in [2.24, 2.45) is 0 Å². The van der Waals surface area contributed by atoms with E-state index >= 15 is 0 Å². The average molecular weight is 420 g/mol. The molecule has 10 heteroatoms. The molecule has 1 aromatic heterocycles. The fourth-order valence-corrected chi connectivity index (χ4v) is 3.70. The number of aryl methyl sites for hydroxylation is 1. The molecule has 2 rings (SSSR count). The summed E-state index contributed by atoms with van der Waals surface area (Å²) in [6, 6.07) is 3.93. The second-order valence-corrected chi connectivity index (χ2v) is 6.93. The minimum Gasteiger partial charge on any atom is -0.462 e. The molecule has 0 aliphatic carbocycles. The van der Waals surface area contributed by atoms with E-state index in [2.05, 4.69) is 5.32 Å². The van der Waals surface area contributed by atoms with Gasteiger partial charge in [-0.2, -0.15) is 0 Å². The Morgan fingerprint density at radius 1 is 1.10 bits per heavy atom.